The van der Waals surface area contributed by atoms with Crippen LogP contribution >= 0.6 is 0 Å². The van der Waals surface area contributed by atoms with Crippen LogP contribution in [0, 0.1) is 5.92 Å². The van der Waals surface area contributed by atoms with E-state index in [2.05, 4.69) is 24.1 Å². The van der Waals surface area contributed by atoms with Gasteiger partial charge in [-0.05, 0) is 70.0 Å². The summed E-state index contributed by atoms with van der Waals surface area (Å²) in [4.78, 5) is 2.75. The molecule has 5 heteroatoms. The molecule has 0 radical (unpaired) electrons. The van der Waals surface area contributed by atoms with E-state index < -0.39 is 9.84 Å². The van der Waals surface area contributed by atoms with Gasteiger partial charge in [-0.1, -0.05) is 0 Å². The lowest BCUT2D eigenvalue weighted by Gasteiger charge is -2.34. The molecule has 4 nitrogen and oxygen atoms in total. The molecule has 2 rings (SSSR count). The lowest BCUT2D eigenvalue weighted by atomic mass is 9.98. The molecule has 0 spiro atoms. The van der Waals surface area contributed by atoms with Crippen molar-refractivity contribution in [1.82, 2.24) is 5.32 Å². The molecule has 1 aliphatic rings. The smallest absolute Gasteiger partial charge is 0.175 e. The molecule has 1 aromatic carbocycles. The number of nitrogens with zero attached hydrogens (tertiary/aromatic N) is 1. The highest BCUT2D eigenvalue weighted by atomic mass is 32.2. The SMILES string of the molecule is CC(C)N(CC1CCCNC1)c1ccc(S(C)(=O)=O)cc1. The minimum atomic E-state index is -3.12. The number of benzene rings is 1. The minimum absolute atomic E-state index is 0.384. The molecule has 1 fully saturated rings. The summed E-state index contributed by atoms with van der Waals surface area (Å²) in [5.74, 6) is 0.663. The Kier molecular flexibility index (Phi) is 5.27. The molecule has 1 heterocycles. The molecule has 1 aromatic rings. The molecular formula is C16H26N2O2S. The van der Waals surface area contributed by atoms with Crippen LogP contribution in [0.3, 0.4) is 0 Å². The third kappa shape index (κ3) is 4.45. The van der Waals surface area contributed by atoms with Gasteiger partial charge in [0.15, 0.2) is 9.84 Å². The first-order valence-corrected chi connectivity index (χ1v) is 9.54. The van der Waals surface area contributed by atoms with Crippen molar-refractivity contribution >= 4 is 15.5 Å². The van der Waals surface area contributed by atoms with Crippen molar-refractivity contribution in [2.45, 2.75) is 37.6 Å². The van der Waals surface area contributed by atoms with Crippen molar-refractivity contribution in [1.29, 1.82) is 0 Å². The molecule has 21 heavy (non-hydrogen) atoms. The Morgan fingerprint density at radius 1 is 1.29 bits per heavy atom. The summed E-state index contributed by atoms with van der Waals surface area (Å²) in [5, 5.41) is 3.45. The van der Waals surface area contributed by atoms with Crippen LogP contribution in [0.15, 0.2) is 29.2 Å². The maximum Gasteiger partial charge on any atom is 0.175 e. The van der Waals surface area contributed by atoms with Gasteiger partial charge in [0.25, 0.3) is 0 Å². The lowest BCUT2D eigenvalue weighted by Crippen LogP contribution is -2.41. The Hall–Kier alpha value is -1.07. The fourth-order valence-electron chi connectivity index (χ4n) is 2.86. The zero-order valence-electron chi connectivity index (χ0n) is 13.2. The van der Waals surface area contributed by atoms with Gasteiger partial charge in [0.2, 0.25) is 0 Å². The molecule has 0 aliphatic carbocycles. The van der Waals surface area contributed by atoms with Crippen LogP contribution in [-0.4, -0.2) is 40.3 Å². The van der Waals surface area contributed by atoms with Gasteiger partial charge in [0.05, 0.1) is 4.90 Å². The van der Waals surface area contributed by atoms with Gasteiger partial charge in [-0.15, -0.1) is 0 Å². The zero-order valence-corrected chi connectivity index (χ0v) is 14.0. The minimum Gasteiger partial charge on any atom is -0.369 e. The van der Waals surface area contributed by atoms with Crippen LogP contribution < -0.4 is 10.2 Å². The maximum absolute atomic E-state index is 11.5. The standard InChI is InChI=1S/C16H26N2O2S/c1-13(2)18(12-14-5-4-10-17-11-14)15-6-8-16(9-7-15)21(3,19)20/h6-9,13-14,17H,4-5,10-12H2,1-3H3. The van der Waals surface area contributed by atoms with Crippen molar-refractivity contribution in [3.63, 3.8) is 0 Å². The summed E-state index contributed by atoms with van der Waals surface area (Å²) in [6.45, 7) is 7.58. The summed E-state index contributed by atoms with van der Waals surface area (Å²) < 4.78 is 23.1. The van der Waals surface area contributed by atoms with E-state index in [4.69, 9.17) is 0 Å². The number of rotatable bonds is 5. The Bertz CT molecular complexity index is 546. The van der Waals surface area contributed by atoms with Crippen molar-refractivity contribution in [3.05, 3.63) is 24.3 Å². The number of sulfone groups is 1. The number of hydrogen-bond acceptors (Lipinski definition) is 4. The first kappa shape index (κ1) is 16.3. The second-order valence-electron chi connectivity index (χ2n) is 6.22. The first-order chi connectivity index (χ1) is 9.88. The molecule has 0 aromatic heterocycles. The molecule has 1 N–H and O–H groups in total. The number of piperidine rings is 1. The van der Waals surface area contributed by atoms with Crippen LogP contribution in [-0.2, 0) is 9.84 Å². The highest BCUT2D eigenvalue weighted by Crippen LogP contribution is 2.23. The second-order valence-corrected chi connectivity index (χ2v) is 8.24. The van der Waals surface area contributed by atoms with Crippen LogP contribution in [0.5, 0.6) is 0 Å². The Balaban J connectivity index is 2.14. The van der Waals surface area contributed by atoms with E-state index in [1.807, 2.05) is 12.1 Å². The Labute approximate surface area is 128 Å². The first-order valence-electron chi connectivity index (χ1n) is 7.65. The van der Waals surface area contributed by atoms with Gasteiger partial charge in [0, 0.05) is 24.5 Å². The summed E-state index contributed by atoms with van der Waals surface area (Å²) in [7, 11) is -3.12. The van der Waals surface area contributed by atoms with E-state index >= 15 is 0 Å². The van der Waals surface area contributed by atoms with Crippen LogP contribution in [0.1, 0.15) is 26.7 Å². The summed E-state index contributed by atoms with van der Waals surface area (Å²) in [5.41, 5.74) is 1.10. The van der Waals surface area contributed by atoms with Gasteiger partial charge < -0.3 is 10.2 Å². The third-order valence-corrected chi connectivity index (χ3v) is 5.20. The second kappa shape index (κ2) is 6.79. The monoisotopic (exact) mass is 310 g/mol. The summed E-state index contributed by atoms with van der Waals surface area (Å²) in [6.07, 6.45) is 3.75. The van der Waals surface area contributed by atoms with E-state index in [1.54, 1.807) is 12.1 Å². The summed E-state index contributed by atoms with van der Waals surface area (Å²) in [6, 6.07) is 7.66. The topological polar surface area (TPSA) is 49.4 Å². The molecule has 0 amide bonds. The molecule has 1 aliphatic heterocycles. The Morgan fingerprint density at radius 3 is 2.43 bits per heavy atom. The molecule has 1 saturated heterocycles. The number of nitrogens with one attached hydrogen (secondary N) is 1. The van der Waals surface area contributed by atoms with E-state index in [0.29, 0.717) is 16.9 Å². The molecule has 0 saturated carbocycles. The van der Waals surface area contributed by atoms with Crippen LogP contribution in [0.25, 0.3) is 0 Å². The highest BCUT2D eigenvalue weighted by Gasteiger charge is 2.19. The van der Waals surface area contributed by atoms with Crippen molar-refractivity contribution in [2.24, 2.45) is 5.92 Å². The van der Waals surface area contributed by atoms with Gasteiger partial charge in [0.1, 0.15) is 0 Å². The van der Waals surface area contributed by atoms with E-state index in [0.717, 1.165) is 25.3 Å². The molecule has 1 unspecified atom stereocenters. The van der Waals surface area contributed by atoms with E-state index in [9.17, 15) is 8.42 Å². The van der Waals surface area contributed by atoms with Crippen LogP contribution in [0.2, 0.25) is 0 Å². The molecule has 118 valence electrons. The molecule has 0 bridgehead atoms. The molecule has 1 atom stereocenters. The van der Waals surface area contributed by atoms with E-state index in [1.165, 1.54) is 19.1 Å². The van der Waals surface area contributed by atoms with Gasteiger partial charge in [-0.3, -0.25) is 0 Å². The predicted octanol–water partition coefficient (Wildman–Crippen LogP) is 2.30. The molecular weight excluding hydrogens is 284 g/mol. The fraction of sp³-hybridized carbons (Fsp3) is 0.625. The van der Waals surface area contributed by atoms with Gasteiger partial charge >= 0.3 is 0 Å². The Morgan fingerprint density at radius 2 is 1.95 bits per heavy atom. The van der Waals surface area contributed by atoms with Crippen molar-refractivity contribution in [3.8, 4) is 0 Å². The predicted molar refractivity (Wildman–Crippen MR) is 87.6 cm³/mol. The quantitative estimate of drug-likeness (QED) is 0.906. The normalized spacial score (nSPS) is 19.7. The van der Waals surface area contributed by atoms with E-state index in [-0.39, 0.29) is 0 Å². The van der Waals surface area contributed by atoms with Gasteiger partial charge in [-0.2, -0.15) is 0 Å². The van der Waals surface area contributed by atoms with Gasteiger partial charge in [-0.25, -0.2) is 8.42 Å². The largest absolute Gasteiger partial charge is 0.369 e. The van der Waals surface area contributed by atoms with Crippen molar-refractivity contribution in [2.75, 3.05) is 30.8 Å². The highest BCUT2D eigenvalue weighted by molar-refractivity contribution is 7.90. The average Bonchev–Trinajstić information content (AvgIpc) is 2.45. The van der Waals surface area contributed by atoms with Crippen LogP contribution in [0.4, 0.5) is 5.69 Å². The number of hydrogen-bond donors (Lipinski definition) is 1. The maximum atomic E-state index is 11.5. The lowest BCUT2D eigenvalue weighted by molar-refractivity contribution is 0.371. The average molecular weight is 310 g/mol. The zero-order chi connectivity index (χ0) is 15.5. The number of anilines is 1. The fourth-order valence-corrected chi connectivity index (χ4v) is 3.49. The third-order valence-electron chi connectivity index (χ3n) is 4.07. The van der Waals surface area contributed by atoms with Crippen molar-refractivity contribution < 1.29 is 8.42 Å². The summed E-state index contributed by atoms with van der Waals surface area (Å²) >= 11 is 0.